The standard InChI is InChI=1S/C41H60O16/c1-37(2)18-9-10-41(6)23(21(42)15-19-20-16-39(4,36(52)53)12-11-38(20,3)13-14-40(19,41)5)17(18)7-8-22(37)54-35-31(27(46)26(45)30(56-35)33(50)51)57-34-28(47)24(43)25(44)29(55-34)32(48)49/h15,17-18,20,22-31,34-35,43-47H,7-14,16H2,1-6H3,(H,48,49)(H,50,51)(H,52,53)/t17-,18+,20-,22-,23-,24-,25-,26-,27-,28+,29-,30-,31+,34-,35-,38+,39-,40+,41+/m0/s1. The van der Waals surface area contributed by atoms with Gasteiger partial charge in [-0.3, -0.25) is 9.59 Å². The van der Waals surface area contributed by atoms with E-state index in [9.17, 15) is 60.0 Å². The summed E-state index contributed by atoms with van der Waals surface area (Å²) in [4.78, 5) is 51.0. The summed E-state index contributed by atoms with van der Waals surface area (Å²) in [6.07, 6.45) is -12.0. The predicted molar refractivity (Wildman–Crippen MR) is 195 cm³/mol. The zero-order valence-corrected chi connectivity index (χ0v) is 33.4. The fourth-order valence-corrected chi connectivity index (χ4v) is 12.6. The minimum atomic E-state index is -2.04. The molecule has 0 bridgehead atoms. The molecule has 0 spiro atoms. The topological polar surface area (TPSA) is 267 Å². The van der Waals surface area contributed by atoms with E-state index in [0.717, 1.165) is 37.7 Å². The first kappa shape index (κ1) is 42.6. The third-order valence-electron chi connectivity index (χ3n) is 16.7. The molecule has 6 fully saturated rings. The van der Waals surface area contributed by atoms with Crippen molar-refractivity contribution in [3.05, 3.63) is 11.6 Å². The highest BCUT2D eigenvalue weighted by Gasteiger charge is 2.68. The van der Waals surface area contributed by atoms with Gasteiger partial charge in [0.25, 0.3) is 0 Å². The zero-order valence-electron chi connectivity index (χ0n) is 33.4. The molecule has 0 aromatic rings. The Morgan fingerprint density at radius 1 is 0.702 bits per heavy atom. The summed E-state index contributed by atoms with van der Waals surface area (Å²) in [5.74, 6) is -4.37. The van der Waals surface area contributed by atoms with Gasteiger partial charge in [-0.1, -0.05) is 40.2 Å². The molecule has 16 nitrogen and oxygen atoms in total. The summed E-state index contributed by atoms with van der Waals surface area (Å²) in [6.45, 7) is 12.6. The molecule has 5 aliphatic carbocycles. The van der Waals surface area contributed by atoms with Gasteiger partial charge in [-0.2, -0.15) is 0 Å². The first-order valence-electron chi connectivity index (χ1n) is 20.4. The van der Waals surface area contributed by atoms with Crippen molar-refractivity contribution in [3.63, 3.8) is 0 Å². The molecular weight excluding hydrogens is 748 g/mol. The van der Waals surface area contributed by atoms with Crippen LogP contribution in [0.5, 0.6) is 0 Å². The summed E-state index contributed by atoms with van der Waals surface area (Å²) >= 11 is 0. The van der Waals surface area contributed by atoms with Gasteiger partial charge in [-0.15, -0.1) is 0 Å². The van der Waals surface area contributed by atoms with Gasteiger partial charge in [0.05, 0.1) is 11.5 Å². The molecule has 16 heteroatoms. The van der Waals surface area contributed by atoms with Crippen molar-refractivity contribution in [1.82, 2.24) is 0 Å². The number of allylic oxidation sites excluding steroid dienone is 2. The van der Waals surface area contributed by atoms with E-state index in [1.165, 1.54) is 0 Å². The van der Waals surface area contributed by atoms with E-state index in [2.05, 4.69) is 20.8 Å². The van der Waals surface area contributed by atoms with Crippen LogP contribution in [-0.4, -0.2) is 132 Å². The number of hydrogen-bond acceptors (Lipinski definition) is 13. The van der Waals surface area contributed by atoms with Gasteiger partial charge in [0.15, 0.2) is 30.6 Å². The number of carbonyl (C=O) groups excluding carboxylic acids is 1. The Morgan fingerprint density at radius 3 is 1.91 bits per heavy atom. The van der Waals surface area contributed by atoms with Crippen LogP contribution >= 0.6 is 0 Å². The van der Waals surface area contributed by atoms with E-state index in [4.69, 9.17) is 18.9 Å². The molecule has 0 radical (unpaired) electrons. The molecule has 0 unspecified atom stereocenters. The third-order valence-corrected chi connectivity index (χ3v) is 16.7. The molecule has 7 aliphatic rings. The molecule has 19 atom stereocenters. The van der Waals surface area contributed by atoms with Gasteiger partial charge >= 0.3 is 17.9 Å². The lowest BCUT2D eigenvalue weighted by Crippen LogP contribution is -2.66. The molecule has 57 heavy (non-hydrogen) atoms. The number of ether oxygens (including phenoxy) is 4. The smallest absolute Gasteiger partial charge is 0.335 e. The van der Waals surface area contributed by atoms with Crippen LogP contribution in [-0.2, 0) is 38.1 Å². The molecule has 4 saturated carbocycles. The van der Waals surface area contributed by atoms with Crippen LogP contribution in [0, 0.1) is 50.7 Å². The number of rotatable bonds is 7. The van der Waals surface area contributed by atoms with E-state index >= 15 is 0 Å². The first-order chi connectivity index (χ1) is 26.4. The molecular formula is C41H60O16. The van der Waals surface area contributed by atoms with E-state index in [-0.39, 0.29) is 45.7 Å². The van der Waals surface area contributed by atoms with Crippen molar-refractivity contribution in [2.45, 2.75) is 167 Å². The number of hydrogen-bond donors (Lipinski definition) is 8. The summed E-state index contributed by atoms with van der Waals surface area (Å²) < 4.78 is 23.3. The minimum absolute atomic E-state index is 0.0104. The van der Waals surface area contributed by atoms with Crippen LogP contribution in [0.1, 0.15) is 99.3 Å². The Balaban J connectivity index is 1.15. The molecule has 2 aliphatic heterocycles. The highest BCUT2D eigenvalue weighted by molar-refractivity contribution is 5.95. The quantitative estimate of drug-likeness (QED) is 0.171. The summed E-state index contributed by atoms with van der Waals surface area (Å²) in [5, 5.41) is 82.8. The summed E-state index contributed by atoms with van der Waals surface area (Å²) in [5.41, 5.74) is -1.18. The maximum atomic E-state index is 14.6. The summed E-state index contributed by atoms with van der Waals surface area (Å²) in [7, 11) is 0. The average Bonchev–Trinajstić information content (AvgIpc) is 3.13. The van der Waals surface area contributed by atoms with Gasteiger partial charge in [-0.25, -0.2) is 9.59 Å². The normalized spacial score (nSPS) is 51.9. The van der Waals surface area contributed by atoms with Crippen LogP contribution in [0.4, 0.5) is 0 Å². The van der Waals surface area contributed by atoms with Crippen molar-refractivity contribution in [2.24, 2.45) is 50.7 Å². The van der Waals surface area contributed by atoms with Crippen molar-refractivity contribution in [2.75, 3.05) is 0 Å². The molecule has 0 amide bonds. The zero-order chi connectivity index (χ0) is 41.9. The second-order valence-corrected chi connectivity index (χ2v) is 19.9. The Morgan fingerprint density at radius 2 is 1.30 bits per heavy atom. The fourth-order valence-electron chi connectivity index (χ4n) is 12.6. The van der Waals surface area contributed by atoms with Crippen LogP contribution in [0.3, 0.4) is 0 Å². The van der Waals surface area contributed by atoms with Crippen LogP contribution in [0.2, 0.25) is 0 Å². The van der Waals surface area contributed by atoms with E-state index < -0.39 is 96.3 Å². The van der Waals surface area contributed by atoms with Crippen LogP contribution in [0.15, 0.2) is 11.6 Å². The van der Waals surface area contributed by atoms with Gasteiger partial charge in [0, 0.05) is 5.92 Å². The Hall–Kier alpha value is -2.54. The lowest BCUT2D eigenvalue weighted by atomic mass is 9.36. The van der Waals surface area contributed by atoms with Gasteiger partial charge in [0.2, 0.25) is 0 Å². The maximum absolute atomic E-state index is 14.6. The third kappa shape index (κ3) is 6.42. The SMILES string of the molecule is CC1(C)[C@@H](O[C@H]2O[C@H](C(=O)O)[C@@H](O)[C@H](O)[C@H]2O[C@@H]2O[C@H](C(=O)O)[C@@H](O)[C@H](O)[C@H]2O)CC[C@H]2[C@H]1CC[C@]1(C)[C@@H]2C(=O)C=C2[C@@H]3C[C@@](C)(C(=O)O)CC[C@]3(C)CC[C@]21C. The fraction of sp³-hybridized carbons (Fsp3) is 0.854. The number of aliphatic carboxylic acids is 3. The number of carboxylic acid groups (broad SMARTS) is 3. The largest absolute Gasteiger partial charge is 0.481 e. The highest BCUT2D eigenvalue weighted by atomic mass is 16.8. The monoisotopic (exact) mass is 808 g/mol. The van der Waals surface area contributed by atoms with Gasteiger partial charge in [-0.05, 0) is 110 Å². The Labute approximate surface area is 331 Å². The van der Waals surface area contributed by atoms with Crippen molar-refractivity contribution < 1.29 is 79.0 Å². The minimum Gasteiger partial charge on any atom is -0.481 e. The second-order valence-electron chi connectivity index (χ2n) is 19.9. The number of aliphatic hydroxyl groups excluding tert-OH is 5. The number of ketones is 1. The maximum Gasteiger partial charge on any atom is 0.335 e. The number of fused-ring (bicyclic) bond motifs is 7. The lowest BCUT2D eigenvalue weighted by Gasteiger charge is -2.68. The van der Waals surface area contributed by atoms with Gasteiger partial charge in [0.1, 0.15) is 36.6 Å². The van der Waals surface area contributed by atoms with E-state index in [0.29, 0.717) is 25.7 Å². The lowest BCUT2D eigenvalue weighted by molar-refractivity contribution is -0.370. The molecule has 8 N–H and O–H groups in total. The van der Waals surface area contributed by atoms with E-state index in [1.807, 2.05) is 26.8 Å². The molecule has 7 rings (SSSR count). The molecule has 0 aromatic heterocycles. The molecule has 320 valence electrons. The molecule has 2 heterocycles. The number of carbonyl (C=O) groups is 4. The van der Waals surface area contributed by atoms with Crippen LogP contribution in [0.25, 0.3) is 0 Å². The second kappa shape index (κ2) is 14.3. The average molecular weight is 809 g/mol. The Bertz CT molecular complexity index is 1680. The first-order valence-corrected chi connectivity index (χ1v) is 20.4. The highest BCUT2D eigenvalue weighted by Crippen LogP contribution is 2.72. The van der Waals surface area contributed by atoms with Gasteiger partial charge < -0.3 is 59.8 Å². The van der Waals surface area contributed by atoms with Crippen molar-refractivity contribution in [1.29, 1.82) is 0 Å². The Kier molecular flexibility index (Phi) is 10.7. The predicted octanol–water partition coefficient (Wildman–Crippen LogP) is 1.86. The van der Waals surface area contributed by atoms with Crippen molar-refractivity contribution in [3.8, 4) is 0 Å². The molecule has 2 saturated heterocycles. The van der Waals surface area contributed by atoms with Crippen molar-refractivity contribution >= 4 is 23.7 Å². The van der Waals surface area contributed by atoms with Crippen LogP contribution < -0.4 is 0 Å². The number of carboxylic acids is 3. The van der Waals surface area contributed by atoms with E-state index in [1.54, 1.807) is 0 Å². The summed E-state index contributed by atoms with van der Waals surface area (Å²) in [6, 6.07) is 0. The molecule has 0 aromatic carbocycles. The number of aliphatic hydroxyl groups is 5.